The van der Waals surface area contributed by atoms with Crippen LogP contribution in [0.5, 0.6) is 11.5 Å². The molecule has 2 rings (SSSR count). The maximum absolute atomic E-state index is 5.96. The van der Waals surface area contributed by atoms with Crippen LogP contribution in [0, 0.1) is 0 Å². The summed E-state index contributed by atoms with van der Waals surface area (Å²) < 4.78 is 16.7. The zero-order valence-corrected chi connectivity index (χ0v) is 17.9. The number of methoxy groups -OCH3 is 2. The van der Waals surface area contributed by atoms with Gasteiger partial charge in [0.25, 0.3) is 0 Å². The second-order valence-electron chi connectivity index (χ2n) is 6.28. The quantitative estimate of drug-likeness (QED) is 0.336. The van der Waals surface area contributed by atoms with Crippen LogP contribution in [-0.2, 0) is 9.89 Å². The average molecular weight is 387 g/mol. The molecule has 4 nitrogen and oxygen atoms in total. The second kappa shape index (κ2) is 10.4. The average Bonchev–Trinajstić information content (AvgIpc) is 2.71. The molecule has 0 spiro atoms. The second-order valence-corrected chi connectivity index (χ2v) is 8.02. The summed E-state index contributed by atoms with van der Waals surface area (Å²) in [5.41, 5.74) is 2.34. The summed E-state index contributed by atoms with van der Waals surface area (Å²) in [7, 11) is 5.70. The molecule has 146 valence electrons. The standard InChI is InChI=1S/C22H30NO3P/c1-6-22(7-2,27-20-14-9-8-11-17(20)15-23-3)18-12-10-13-19(25-5)21(18)26-16-24-4/h8-15,27H,6-7,16H2,1-5H3/b23-15+. The van der Waals surface area contributed by atoms with Gasteiger partial charge in [-0.25, -0.2) is 0 Å². The Morgan fingerprint density at radius 2 is 1.78 bits per heavy atom. The van der Waals surface area contributed by atoms with Crippen LogP contribution < -0.4 is 14.8 Å². The highest BCUT2D eigenvalue weighted by atomic mass is 31.1. The molecule has 5 heteroatoms. The van der Waals surface area contributed by atoms with Gasteiger partial charge in [0.15, 0.2) is 18.3 Å². The van der Waals surface area contributed by atoms with Crippen LogP contribution in [0.4, 0.5) is 0 Å². The molecule has 1 atom stereocenters. The van der Waals surface area contributed by atoms with Gasteiger partial charge in [-0.1, -0.05) is 58.8 Å². The van der Waals surface area contributed by atoms with Crippen LogP contribution in [0.2, 0.25) is 0 Å². The number of para-hydroxylation sites is 1. The maximum atomic E-state index is 5.96. The van der Waals surface area contributed by atoms with Gasteiger partial charge in [-0.2, -0.15) is 0 Å². The van der Waals surface area contributed by atoms with E-state index in [1.807, 2.05) is 25.4 Å². The van der Waals surface area contributed by atoms with Crippen molar-refractivity contribution in [1.29, 1.82) is 0 Å². The fourth-order valence-electron chi connectivity index (χ4n) is 3.32. The van der Waals surface area contributed by atoms with Crippen molar-refractivity contribution in [2.45, 2.75) is 31.8 Å². The number of hydrogen-bond donors (Lipinski definition) is 0. The van der Waals surface area contributed by atoms with E-state index in [0.717, 1.165) is 24.3 Å². The van der Waals surface area contributed by atoms with Gasteiger partial charge in [0.2, 0.25) is 0 Å². The topological polar surface area (TPSA) is 40.0 Å². The molecule has 0 aliphatic heterocycles. The Morgan fingerprint density at radius 3 is 2.41 bits per heavy atom. The van der Waals surface area contributed by atoms with Crippen molar-refractivity contribution < 1.29 is 14.2 Å². The predicted octanol–water partition coefficient (Wildman–Crippen LogP) is 4.75. The zero-order valence-electron chi connectivity index (χ0n) is 16.9. The van der Waals surface area contributed by atoms with Gasteiger partial charge in [-0.15, -0.1) is 0 Å². The first-order chi connectivity index (χ1) is 13.2. The van der Waals surface area contributed by atoms with Crippen molar-refractivity contribution in [2.75, 3.05) is 28.1 Å². The summed E-state index contributed by atoms with van der Waals surface area (Å²) in [5, 5.41) is 1.27. The van der Waals surface area contributed by atoms with E-state index in [4.69, 9.17) is 14.2 Å². The zero-order chi connectivity index (χ0) is 19.7. The van der Waals surface area contributed by atoms with Crippen LogP contribution in [0.3, 0.4) is 0 Å². The van der Waals surface area contributed by atoms with Crippen LogP contribution in [0.25, 0.3) is 0 Å². The summed E-state index contributed by atoms with van der Waals surface area (Å²) in [6.45, 7) is 4.68. The Hall–Kier alpha value is -1.90. The van der Waals surface area contributed by atoms with Crippen molar-refractivity contribution in [2.24, 2.45) is 4.99 Å². The third-order valence-electron chi connectivity index (χ3n) is 4.85. The first kappa shape index (κ1) is 21.4. The van der Waals surface area contributed by atoms with E-state index in [1.165, 1.54) is 16.4 Å². The van der Waals surface area contributed by atoms with E-state index in [1.54, 1.807) is 14.2 Å². The molecule has 0 radical (unpaired) electrons. The van der Waals surface area contributed by atoms with Crippen LogP contribution in [0.15, 0.2) is 47.5 Å². The lowest BCUT2D eigenvalue weighted by atomic mass is 9.91. The number of nitrogens with zero attached hydrogens (tertiary/aromatic N) is 1. The van der Waals surface area contributed by atoms with Gasteiger partial charge < -0.3 is 14.2 Å². The van der Waals surface area contributed by atoms with Crippen molar-refractivity contribution >= 4 is 20.1 Å². The Kier molecular flexibility index (Phi) is 8.27. The van der Waals surface area contributed by atoms with Gasteiger partial charge in [0.1, 0.15) is 0 Å². The lowest BCUT2D eigenvalue weighted by molar-refractivity contribution is 0.0479. The third-order valence-corrected chi connectivity index (χ3v) is 7.03. The minimum absolute atomic E-state index is 0.0463. The van der Waals surface area contributed by atoms with Gasteiger partial charge in [-0.3, -0.25) is 4.99 Å². The van der Waals surface area contributed by atoms with E-state index < -0.39 is 0 Å². The SMILES string of the molecule is CCC(CC)(Pc1ccccc1/C=N/C)c1cccc(OC)c1OCOC. The molecule has 0 N–H and O–H groups in total. The summed E-state index contributed by atoms with van der Waals surface area (Å²) in [6, 6.07) is 14.6. The number of benzene rings is 2. The molecule has 0 saturated heterocycles. The molecule has 2 aromatic rings. The van der Waals surface area contributed by atoms with Crippen LogP contribution in [0.1, 0.15) is 37.8 Å². The van der Waals surface area contributed by atoms with E-state index in [9.17, 15) is 0 Å². The number of hydrogen-bond acceptors (Lipinski definition) is 4. The number of rotatable bonds is 10. The van der Waals surface area contributed by atoms with Gasteiger partial charge in [0.05, 0.1) is 7.11 Å². The normalized spacial score (nSPS) is 12.2. The maximum Gasteiger partial charge on any atom is 0.188 e. The van der Waals surface area contributed by atoms with Crippen molar-refractivity contribution in [1.82, 2.24) is 0 Å². The molecule has 27 heavy (non-hydrogen) atoms. The van der Waals surface area contributed by atoms with Gasteiger partial charge in [0, 0.05) is 31.1 Å². The molecular formula is C22H30NO3P. The van der Waals surface area contributed by atoms with E-state index in [-0.39, 0.29) is 11.9 Å². The fourth-order valence-corrected chi connectivity index (χ4v) is 4.99. The molecule has 0 aliphatic carbocycles. The van der Waals surface area contributed by atoms with E-state index >= 15 is 0 Å². The highest BCUT2D eigenvalue weighted by molar-refractivity contribution is 7.48. The molecule has 0 aromatic heterocycles. The lowest BCUT2D eigenvalue weighted by Crippen LogP contribution is -2.24. The fraction of sp³-hybridized carbons (Fsp3) is 0.409. The Bertz CT molecular complexity index is 757. The van der Waals surface area contributed by atoms with Crippen LogP contribution >= 0.6 is 8.58 Å². The molecule has 0 fully saturated rings. The van der Waals surface area contributed by atoms with Crippen molar-refractivity contribution in [3.8, 4) is 11.5 Å². The highest BCUT2D eigenvalue weighted by Crippen LogP contribution is 2.52. The summed E-state index contributed by atoms with van der Waals surface area (Å²) in [6.07, 6.45) is 3.93. The monoisotopic (exact) mass is 387 g/mol. The minimum Gasteiger partial charge on any atom is -0.493 e. The van der Waals surface area contributed by atoms with Crippen molar-refractivity contribution in [3.63, 3.8) is 0 Å². The molecule has 0 heterocycles. The molecule has 0 amide bonds. The number of ether oxygens (including phenoxy) is 3. The van der Waals surface area contributed by atoms with Crippen LogP contribution in [-0.4, -0.2) is 34.3 Å². The predicted molar refractivity (Wildman–Crippen MR) is 116 cm³/mol. The number of aliphatic imine (C=N–C) groups is 1. The molecule has 1 unspecified atom stereocenters. The molecule has 0 bridgehead atoms. The smallest absolute Gasteiger partial charge is 0.188 e. The Balaban J connectivity index is 2.57. The first-order valence-electron chi connectivity index (χ1n) is 9.24. The molecule has 2 aromatic carbocycles. The highest BCUT2D eigenvalue weighted by Gasteiger charge is 2.33. The molecule has 0 saturated carbocycles. The third kappa shape index (κ3) is 4.88. The lowest BCUT2D eigenvalue weighted by Gasteiger charge is -2.35. The largest absolute Gasteiger partial charge is 0.493 e. The van der Waals surface area contributed by atoms with E-state index in [2.05, 4.69) is 49.2 Å². The Labute approximate surface area is 164 Å². The summed E-state index contributed by atoms with van der Waals surface area (Å²) >= 11 is 0. The summed E-state index contributed by atoms with van der Waals surface area (Å²) in [4.78, 5) is 4.22. The van der Waals surface area contributed by atoms with E-state index in [0.29, 0.717) is 8.58 Å². The van der Waals surface area contributed by atoms with Gasteiger partial charge in [-0.05, 0) is 29.8 Å². The van der Waals surface area contributed by atoms with Gasteiger partial charge >= 0.3 is 0 Å². The van der Waals surface area contributed by atoms with Crippen molar-refractivity contribution in [3.05, 3.63) is 53.6 Å². The summed E-state index contributed by atoms with van der Waals surface area (Å²) in [5.74, 6) is 1.52. The Morgan fingerprint density at radius 1 is 1.04 bits per heavy atom. The molecule has 0 aliphatic rings. The first-order valence-corrected chi connectivity index (χ1v) is 10.2. The molecular weight excluding hydrogens is 357 g/mol. The minimum atomic E-state index is -0.0463.